The van der Waals surface area contributed by atoms with E-state index in [4.69, 9.17) is 4.74 Å². The SMILES string of the molecule is COCCc1ccccc1NC1CS(=O)(=O)CC1O. The molecule has 0 amide bonds. The van der Waals surface area contributed by atoms with E-state index in [1.807, 2.05) is 24.3 Å². The maximum Gasteiger partial charge on any atom is 0.155 e. The molecule has 1 aromatic rings. The van der Waals surface area contributed by atoms with Crippen molar-refractivity contribution in [1.82, 2.24) is 0 Å². The Balaban J connectivity index is 2.11. The van der Waals surface area contributed by atoms with Crippen LogP contribution in [-0.2, 0) is 21.0 Å². The third-order valence-electron chi connectivity index (χ3n) is 3.26. The highest BCUT2D eigenvalue weighted by molar-refractivity contribution is 7.91. The van der Waals surface area contributed by atoms with Gasteiger partial charge in [-0.1, -0.05) is 18.2 Å². The summed E-state index contributed by atoms with van der Waals surface area (Å²) in [6, 6.07) is 7.24. The number of hydrogen-bond acceptors (Lipinski definition) is 5. The Morgan fingerprint density at radius 1 is 1.37 bits per heavy atom. The summed E-state index contributed by atoms with van der Waals surface area (Å²) < 4.78 is 28.0. The first kappa shape index (κ1) is 14.3. The van der Waals surface area contributed by atoms with E-state index in [9.17, 15) is 13.5 Å². The van der Waals surface area contributed by atoms with Crippen LogP contribution >= 0.6 is 0 Å². The zero-order valence-electron chi connectivity index (χ0n) is 10.9. The lowest BCUT2D eigenvalue weighted by atomic mass is 10.1. The smallest absolute Gasteiger partial charge is 0.155 e. The van der Waals surface area contributed by atoms with Gasteiger partial charge in [0.25, 0.3) is 0 Å². The molecule has 0 aromatic heterocycles. The average Bonchev–Trinajstić information content (AvgIpc) is 2.61. The van der Waals surface area contributed by atoms with Gasteiger partial charge in [-0.15, -0.1) is 0 Å². The summed E-state index contributed by atoms with van der Waals surface area (Å²) in [4.78, 5) is 0. The Hall–Kier alpha value is -1.11. The highest BCUT2D eigenvalue weighted by atomic mass is 32.2. The maximum absolute atomic E-state index is 11.5. The van der Waals surface area contributed by atoms with E-state index >= 15 is 0 Å². The Labute approximate surface area is 113 Å². The molecule has 2 atom stereocenters. The molecule has 1 saturated heterocycles. The normalized spacial score (nSPS) is 25.4. The topological polar surface area (TPSA) is 75.6 Å². The summed E-state index contributed by atoms with van der Waals surface area (Å²) >= 11 is 0. The third-order valence-corrected chi connectivity index (χ3v) is 4.97. The number of rotatable bonds is 5. The van der Waals surface area contributed by atoms with Crippen LogP contribution in [0.25, 0.3) is 0 Å². The van der Waals surface area contributed by atoms with Crippen molar-refractivity contribution in [1.29, 1.82) is 0 Å². The monoisotopic (exact) mass is 285 g/mol. The molecule has 2 N–H and O–H groups in total. The van der Waals surface area contributed by atoms with E-state index in [2.05, 4.69) is 5.32 Å². The number of nitrogens with one attached hydrogen (secondary N) is 1. The lowest BCUT2D eigenvalue weighted by Gasteiger charge is -2.19. The molecule has 5 nitrogen and oxygen atoms in total. The van der Waals surface area contributed by atoms with Gasteiger partial charge >= 0.3 is 0 Å². The summed E-state index contributed by atoms with van der Waals surface area (Å²) in [6.07, 6.45) is -0.102. The zero-order chi connectivity index (χ0) is 13.9. The molecule has 2 unspecified atom stereocenters. The number of aliphatic hydroxyl groups excluding tert-OH is 1. The highest BCUT2D eigenvalue weighted by Crippen LogP contribution is 2.21. The first-order chi connectivity index (χ1) is 9.02. The first-order valence-electron chi connectivity index (χ1n) is 6.24. The molecule has 1 aliphatic rings. The summed E-state index contributed by atoms with van der Waals surface area (Å²) in [7, 11) is -1.49. The molecule has 6 heteroatoms. The molecule has 106 valence electrons. The second-order valence-electron chi connectivity index (χ2n) is 4.80. The van der Waals surface area contributed by atoms with Crippen molar-refractivity contribution in [2.24, 2.45) is 0 Å². The molecule has 19 heavy (non-hydrogen) atoms. The number of benzene rings is 1. The predicted octanol–water partition coefficient (Wildman–Crippen LogP) is 0.445. The minimum absolute atomic E-state index is 0.0211. The fourth-order valence-electron chi connectivity index (χ4n) is 2.26. The molecule has 1 aliphatic heterocycles. The van der Waals surface area contributed by atoms with E-state index in [0.29, 0.717) is 6.61 Å². The van der Waals surface area contributed by atoms with Crippen LogP contribution in [-0.4, -0.2) is 50.9 Å². The van der Waals surface area contributed by atoms with Gasteiger partial charge in [-0.05, 0) is 18.1 Å². The second kappa shape index (κ2) is 5.90. The molecule has 0 saturated carbocycles. The molecule has 1 aromatic carbocycles. The summed E-state index contributed by atoms with van der Waals surface area (Å²) in [5, 5.41) is 12.9. The predicted molar refractivity (Wildman–Crippen MR) is 74.1 cm³/mol. The second-order valence-corrected chi connectivity index (χ2v) is 6.95. The van der Waals surface area contributed by atoms with Crippen LogP contribution in [0.15, 0.2) is 24.3 Å². The quantitative estimate of drug-likeness (QED) is 0.821. The van der Waals surface area contributed by atoms with Crippen LogP contribution in [0.5, 0.6) is 0 Å². The van der Waals surface area contributed by atoms with Crippen LogP contribution in [0.4, 0.5) is 5.69 Å². The van der Waals surface area contributed by atoms with Crippen LogP contribution in [0.3, 0.4) is 0 Å². The van der Waals surface area contributed by atoms with Crippen LogP contribution in [0.1, 0.15) is 5.56 Å². The number of para-hydroxylation sites is 1. The largest absolute Gasteiger partial charge is 0.390 e. The number of ether oxygens (including phenoxy) is 1. The fraction of sp³-hybridized carbons (Fsp3) is 0.538. The minimum Gasteiger partial charge on any atom is -0.390 e. The molecular weight excluding hydrogens is 266 g/mol. The van der Waals surface area contributed by atoms with Gasteiger partial charge in [0.2, 0.25) is 0 Å². The number of anilines is 1. The van der Waals surface area contributed by atoms with Crippen molar-refractivity contribution in [2.75, 3.05) is 30.5 Å². The molecule has 1 fully saturated rings. The maximum atomic E-state index is 11.5. The van der Waals surface area contributed by atoms with Crippen molar-refractivity contribution >= 4 is 15.5 Å². The Kier molecular flexibility index (Phi) is 4.44. The van der Waals surface area contributed by atoms with Gasteiger partial charge in [0, 0.05) is 12.8 Å². The Morgan fingerprint density at radius 2 is 2.11 bits per heavy atom. The van der Waals surface area contributed by atoms with Crippen molar-refractivity contribution in [3.05, 3.63) is 29.8 Å². The number of aliphatic hydroxyl groups is 1. The summed E-state index contributed by atoms with van der Waals surface area (Å²) in [5.74, 6) is -0.183. The van der Waals surface area contributed by atoms with Gasteiger partial charge in [-0.2, -0.15) is 0 Å². The van der Waals surface area contributed by atoms with Gasteiger partial charge < -0.3 is 15.2 Å². The van der Waals surface area contributed by atoms with Crippen molar-refractivity contribution in [2.45, 2.75) is 18.6 Å². The van der Waals surface area contributed by atoms with Gasteiger partial charge in [0.05, 0.1) is 30.3 Å². The first-order valence-corrected chi connectivity index (χ1v) is 8.06. The van der Waals surface area contributed by atoms with Crippen LogP contribution < -0.4 is 5.32 Å². The van der Waals surface area contributed by atoms with E-state index in [0.717, 1.165) is 17.7 Å². The standard InChI is InChI=1S/C13H19NO4S/c1-18-7-6-10-4-2-3-5-11(10)14-12-8-19(16,17)9-13(12)15/h2-5,12-15H,6-9H2,1H3. The van der Waals surface area contributed by atoms with Crippen molar-refractivity contribution in [3.63, 3.8) is 0 Å². The summed E-state index contributed by atoms with van der Waals surface area (Å²) in [5.41, 5.74) is 1.92. The van der Waals surface area contributed by atoms with Crippen LogP contribution in [0.2, 0.25) is 0 Å². The average molecular weight is 285 g/mol. The van der Waals surface area contributed by atoms with Crippen LogP contribution in [0, 0.1) is 0 Å². The lowest BCUT2D eigenvalue weighted by molar-refractivity contribution is 0.190. The molecule has 1 heterocycles. The number of hydrogen-bond donors (Lipinski definition) is 2. The van der Waals surface area contributed by atoms with Crippen molar-refractivity contribution < 1.29 is 18.3 Å². The minimum atomic E-state index is -3.13. The number of methoxy groups -OCH3 is 1. The van der Waals surface area contributed by atoms with E-state index in [-0.39, 0.29) is 11.5 Å². The molecule has 2 rings (SSSR count). The van der Waals surface area contributed by atoms with E-state index in [1.54, 1.807) is 7.11 Å². The molecule has 0 aliphatic carbocycles. The fourth-order valence-corrected chi connectivity index (χ4v) is 4.00. The van der Waals surface area contributed by atoms with Gasteiger partial charge in [0.15, 0.2) is 9.84 Å². The van der Waals surface area contributed by atoms with Gasteiger partial charge in [-0.3, -0.25) is 0 Å². The molecular formula is C13H19NO4S. The molecule has 0 radical (unpaired) electrons. The lowest BCUT2D eigenvalue weighted by Crippen LogP contribution is -2.32. The summed E-state index contributed by atoms with van der Waals surface area (Å²) in [6.45, 7) is 0.601. The highest BCUT2D eigenvalue weighted by Gasteiger charge is 2.36. The third kappa shape index (κ3) is 3.68. The van der Waals surface area contributed by atoms with Crippen molar-refractivity contribution in [3.8, 4) is 0 Å². The van der Waals surface area contributed by atoms with Gasteiger partial charge in [-0.25, -0.2) is 8.42 Å². The molecule has 0 bridgehead atoms. The van der Waals surface area contributed by atoms with E-state index < -0.39 is 22.0 Å². The van der Waals surface area contributed by atoms with Gasteiger partial charge in [0.1, 0.15) is 0 Å². The Morgan fingerprint density at radius 3 is 2.74 bits per heavy atom. The number of sulfone groups is 1. The Bertz CT molecular complexity index is 529. The zero-order valence-corrected chi connectivity index (χ0v) is 11.7. The molecule has 0 spiro atoms. The van der Waals surface area contributed by atoms with E-state index in [1.165, 1.54) is 0 Å².